The van der Waals surface area contributed by atoms with Gasteiger partial charge in [0, 0.05) is 6.07 Å². The molecule has 0 unspecified atom stereocenters. The summed E-state index contributed by atoms with van der Waals surface area (Å²) in [7, 11) is -0.410. The number of amides is 1. The van der Waals surface area contributed by atoms with Gasteiger partial charge in [0.15, 0.2) is 0 Å². The molecule has 2 aliphatic heterocycles. The van der Waals surface area contributed by atoms with Crippen molar-refractivity contribution in [2.45, 2.75) is 57.7 Å². The molecule has 0 saturated carbocycles. The number of nitrogens with one attached hydrogen (secondary N) is 1. The SMILES string of the molecule is CC1(c2cc(NC(=O)Cc3ccc(B4OC(C)(C)C(C)(C)O4)cc3)on2)COC1. The van der Waals surface area contributed by atoms with Gasteiger partial charge in [-0.15, -0.1) is 0 Å². The van der Waals surface area contributed by atoms with Gasteiger partial charge >= 0.3 is 7.12 Å². The Labute approximate surface area is 171 Å². The zero-order valence-corrected chi connectivity index (χ0v) is 17.6. The third-order valence-corrected chi connectivity index (χ3v) is 6.10. The molecule has 7 nitrogen and oxygen atoms in total. The van der Waals surface area contributed by atoms with E-state index in [0.717, 1.165) is 16.7 Å². The zero-order valence-electron chi connectivity index (χ0n) is 17.6. The second kappa shape index (κ2) is 6.97. The van der Waals surface area contributed by atoms with Crippen LogP contribution in [0.25, 0.3) is 0 Å². The number of hydrogen-bond acceptors (Lipinski definition) is 6. The molecular formula is C21H27BN2O5. The first-order valence-corrected chi connectivity index (χ1v) is 9.87. The van der Waals surface area contributed by atoms with Crippen LogP contribution in [0.5, 0.6) is 0 Å². The Balaban J connectivity index is 1.35. The molecule has 1 aromatic heterocycles. The molecular weight excluding hydrogens is 371 g/mol. The molecule has 2 fully saturated rings. The van der Waals surface area contributed by atoms with Crippen molar-refractivity contribution >= 4 is 24.4 Å². The summed E-state index contributed by atoms with van der Waals surface area (Å²) in [4.78, 5) is 12.4. The smallest absolute Gasteiger partial charge is 0.399 e. The van der Waals surface area contributed by atoms with E-state index in [1.165, 1.54) is 0 Å². The van der Waals surface area contributed by atoms with E-state index in [1.54, 1.807) is 6.07 Å². The fraction of sp³-hybridized carbons (Fsp3) is 0.524. The van der Waals surface area contributed by atoms with Crippen molar-refractivity contribution < 1.29 is 23.4 Å². The van der Waals surface area contributed by atoms with Crippen LogP contribution >= 0.6 is 0 Å². The minimum atomic E-state index is -0.410. The van der Waals surface area contributed by atoms with E-state index in [-0.39, 0.29) is 28.9 Å². The summed E-state index contributed by atoms with van der Waals surface area (Å²) in [5.74, 6) is 0.193. The highest BCUT2D eigenvalue weighted by Crippen LogP contribution is 2.36. The van der Waals surface area contributed by atoms with Gasteiger partial charge < -0.3 is 18.6 Å². The average molecular weight is 398 g/mol. The van der Waals surface area contributed by atoms with E-state index in [9.17, 15) is 4.79 Å². The van der Waals surface area contributed by atoms with Gasteiger partial charge in [-0.3, -0.25) is 10.1 Å². The van der Waals surface area contributed by atoms with E-state index in [4.69, 9.17) is 18.6 Å². The number of nitrogens with zero attached hydrogens (tertiary/aromatic N) is 1. The molecule has 8 heteroatoms. The summed E-state index contributed by atoms with van der Waals surface area (Å²) < 4.78 is 22.6. The minimum Gasteiger partial charge on any atom is -0.399 e. The maximum atomic E-state index is 12.4. The molecule has 0 atom stereocenters. The number of aromatic nitrogens is 1. The van der Waals surface area contributed by atoms with Gasteiger partial charge in [0.2, 0.25) is 11.8 Å². The zero-order chi connectivity index (χ0) is 20.9. The van der Waals surface area contributed by atoms with E-state index >= 15 is 0 Å². The molecule has 1 N–H and O–H groups in total. The standard InChI is InChI=1S/C21H27BN2O5/c1-19(2)20(3,4)29-22(28-19)15-8-6-14(7-9-15)10-17(25)23-18-11-16(24-27-18)21(5)12-26-13-21/h6-9,11H,10,12-13H2,1-5H3,(H,23,25). The number of benzene rings is 1. The second-order valence-electron chi connectivity index (χ2n) is 9.18. The van der Waals surface area contributed by atoms with Gasteiger partial charge in [0.1, 0.15) is 0 Å². The Kier molecular flexibility index (Phi) is 4.84. The van der Waals surface area contributed by atoms with Gasteiger partial charge in [0.25, 0.3) is 0 Å². The van der Waals surface area contributed by atoms with Crippen LogP contribution in [-0.4, -0.2) is 42.6 Å². The first kappa shape index (κ1) is 20.1. The molecule has 2 saturated heterocycles. The summed E-state index contributed by atoms with van der Waals surface area (Å²) in [5.41, 5.74) is 1.73. The summed E-state index contributed by atoms with van der Waals surface area (Å²) >= 11 is 0. The third kappa shape index (κ3) is 3.84. The van der Waals surface area contributed by atoms with Crippen molar-refractivity contribution in [2.24, 2.45) is 0 Å². The summed E-state index contributed by atoms with van der Waals surface area (Å²) in [6.45, 7) is 11.4. The Hall–Kier alpha value is -2.16. The van der Waals surface area contributed by atoms with Crippen molar-refractivity contribution in [3.63, 3.8) is 0 Å². The fourth-order valence-corrected chi connectivity index (χ4v) is 3.31. The van der Waals surface area contributed by atoms with Crippen LogP contribution in [0.2, 0.25) is 0 Å². The molecule has 0 radical (unpaired) electrons. The summed E-state index contributed by atoms with van der Waals surface area (Å²) in [5, 5.41) is 6.82. The van der Waals surface area contributed by atoms with Crippen LogP contribution in [0, 0.1) is 0 Å². The second-order valence-corrected chi connectivity index (χ2v) is 9.18. The number of ether oxygens (including phenoxy) is 1. The van der Waals surface area contributed by atoms with E-state index < -0.39 is 7.12 Å². The lowest BCUT2D eigenvalue weighted by Crippen LogP contribution is -2.44. The Morgan fingerprint density at radius 2 is 1.69 bits per heavy atom. The molecule has 154 valence electrons. The molecule has 1 aromatic carbocycles. The van der Waals surface area contributed by atoms with Crippen LogP contribution in [0.15, 0.2) is 34.9 Å². The van der Waals surface area contributed by atoms with Crippen LogP contribution in [0.3, 0.4) is 0 Å². The molecule has 0 spiro atoms. The van der Waals surface area contributed by atoms with Crippen molar-refractivity contribution in [3.8, 4) is 0 Å². The average Bonchev–Trinajstić information content (AvgIpc) is 3.15. The molecule has 1 amide bonds. The van der Waals surface area contributed by atoms with Crippen molar-refractivity contribution in [2.75, 3.05) is 18.5 Å². The number of hydrogen-bond donors (Lipinski definition) is 1. The predicted molar refractivity (Wildman–Crippen MR) is 109 cm³/mol. The highest BCUT2D eigenvalue weighted by Gasteiger charge is 2.51. The van der Waals surface area contributed by atoms with Gasteiger partial charge in [-0.2, -0.15) is 0 Å². The highest BCUT2D eigenvalue weighted by molar-refractivity contribution is 6.62. The van der Waals surface area contributed by atoms with Crippen LogP contribution in [0.4, 0.5) is 5.88 Å². The van der Waals surface area contributed by atoms with E-state index in [2.05, 4.69) is 17.4 Å². The van der Waals surface area contributed by atoms with E-state index in [0.29, 0.717) is 19.1 Å². The maximum absolute atomic E-state index is 12.4. The predicted octanol–water partition coefficient (Wildman–Crippen LogP) is 2.44. The lowest BCUT2D eigenvalue weighted by molar-refractivity contribution is -0.115. The number of rotatable bonds is 5. The first-order valence-electron chi connectivity index (χ1n) is 9.87. The monoisotopic (exact) mass is 398 g/mol. The molecule has 2 aliphatic rings. The topological polar surface area (TPSA) is 82.8 Å². The van der Waals surface area contributed by atoms with Crippen molar-refractivity contribution in [1.82, 2.24) is 5.16 Å². The molecule has 0 bridgehead atoms. The Morgan fingerprint density at radius 1 is 1.07 bits per heavy atom. The Bertz CT molecular complexity index is 886. The van der Waals surface area contributed by atoms with E-state index in [1.807, 2.05) is 52.0 Å². The number of anilines is 1. The van der Waals surface area contributed by atoms with Gasteiger partial charge in [-0.1, -0.05) is 29.4 Å². The van der Waals surface area contributed by atoms with Crippen molar-refractivity contribution in [1.29, 1.82) is 0 Å². The normalized spacial score (nSPS) is 21.6. The third-order valence-electron chi connectivity index (χ3n) is 6.10. The molecule has 3 heterocycles. The lowest BCUT2D eigenvalue weighted by atomic mass is 9.79. The first-order chi connectivity index (χ1) is 13.6. The minimum absolute atomic E-state index is 0.129. The maximum Gasteiger partial charge on any atom is 0.494 e. The summed E-state index contributed by atoms with van der Waals surface area (Å²) in [6.07, 6.45) is 0.236. The Morgan fingerprint density at radius 3 is 2.24 bits per heavy atom. The largest absolute Gasteiger partial charge is 0.494 e. The summed E-state index contributed by atoms with van der Waals surface area (Å²) in [6, 6.07) is 9.47. The lowest BCUT2D eigenvalue weighted by Gasteiger charge is -2.35. The molecule has 29 heavy (non-hydrogen) atoms. The number of carbonyl (C=O) groups excluding carboxylic acids is 1. The van der Waals surface area contributed by atoms with Crippen molar-refractivity contribution in [3.05, 3.63) is 41.6 Å². The van der Waals surface area contributed by atoms with Crippen LogP contribution < -0.4 is 10.8 Å². The molecule has 4 rings (SSSR count). The number of carbonyl (C=O) groups is 1. The van der Waals surface area contributed by atoms with Crippen LogP contribution in [0.1, 0.15) is 45.9 Å². The quantitative estimate of drug-likeness (QED) is 0.780. The van der Waals surface area contributed by atoms with Gasteiger partial charge in [-0.05, 0) is 45.6 Å². The highest BCUT2D eigenvalue weighted by atomic mass is 16.7. The van der Waals surface area contributed by atoms with Gasteiger partial charge in [-0.25, -0.2) is 0 Å². The fourth-order valence-electron chi connectivity index (χ4n) is 3.31. The van der Waals surface area contributed by atoms with Gasteiger partial charge in [0.05, 0.1) is 41.9 Å². The molecule has 2 aromatic rings. The molecule has 0 aliphatic carbocycles. The van der Waals surface area contributed by atoms with Crippen LogP contribution in [-0.2, 0) is 30.7 Å².